The maximum Gasteiger partial charge on any atom is 0.340 e. The summed E-state index contributed by atoms with van der Waals surface area (Å²) in [6, 6.07) is 0. The van der Waals surface area contributed by atoms with Gasteiger partial charge in [0.25, 0.3) is 11.1 Å². The van der Waals surface area contributed by atoms with E-state index in [-0.39, 0.29) is 34.2 Å². The molecule has 4 aromatic rings. The number of nitrogen functional groups attached to an aromatic ring is 1. The molecule has 49 heteroatoms. The molecule has 2 saturated heterocycles. The predicted octanol–water partition coefficient (Wildman–Crippen LogP) is -2.98. The summed E-state index contributed by atoms with van der Waals surface area (Å²) in [5, 5.41) is 23.8. The molecule has 2 fully saturated rings. The molecule has 12 atom stereocenters. The number of fused-ring (bicyclic) bond motifs is 2. The van der Waals surface area contributed by atoms with Crippen LogP contribution in [-0.4, -0.2) is 187 Å². The summed E-state index contributed by atoms with van der Waals surface area (Å²) >= 11 is 0. The highest BCUT2D eigenvalue weighted by Crippen LogP contribution is 2.60. The molecule has 0 radical (unpaired) electrons. The Morgan fingerprint density at radius 3 is 1.34 bits per heavy atom. The topological polar surface area (TPSA) is 657 Å². The Balaban J connectivity index is 0.000000286. The Hall–Kier alpha value is -2.99. The van der Waals surface area contributed by atoms with Crippen LogP contribution in [0, 0.1) is 5.92 Å². The molecule has 0 saturated carbocycles. The average molecular weight is 1270 g/mol. The number of aliphatic hydroxyl groups excluding tert-OH is 2. The number of nitrogens with two attached hydrogens (primary N) is 1. The highest BCUT2D eigenvalue weighted by Gasteiger charge is 2.52. The fourth-order valence-electron chi connectivity index (χ4n) is 6.79. The quantitative estimate of drug-likeness (QED) is 0.0349. The lowest BCUT2D eigenvalue weighted by atomic mass is 10.1. The molecule has 41 nitrogen and oxygen atoms in total. The number of aromatic nitrogens is 8. The lowest BCUT2D eigenvalue weighted by Crippen LogP contribution is -2.35. The minimum absolute atomic E-state index is 0.263. The van der Waals surface area contributed by atoms with Crippen molar-refractivity contribution in [2.24, 2.45) is 5.92 Å². The number of rotatable bonds is 22. The number of hydrogen-bond acceptors (Lipinski definition) is 24. The number of nitrogens with zero attached hydrogens (tertiary/aromatic N) is 6. The zero-order chi connectivity index (χ0) is 58.4. The van der Waals surface area contributed by atoms with Gasteiger partial charge in [0.2, 0.25) is 17.8 Å². The summed E-state index contributed by atoms with van der Waals surface area (Å²) in [6.07, 6.45) is -12.9. The van der Waals surface area contributed by atoms with Crippen LogP contribution in [0.15, 0.2) is 22.2 Å². The summed E-state index contributed by atoms with van der Waals surface area (Å²) in [5.74, 6) is -8.21. The fourth-order valence-corrected chi connectivity index (χ4v) is 17.4. The number of H-pyrrole nitrogens is 2. The summed E-state index contributed by atoms with van der Waals surface area (Å²) < 4.78 is 126. The van der Waals surface area contributed by atoms with E-state index in [4.69, 9.17) is 63.4 Å². The van der Waals surface area contributed by atoms with Crippen molar-refractivity contribution in [2.75, 3.05) is 47.9 Å². The van der Waals surface area contributed by atoms with Gasteiger partial charge in [0.05, 0.1) is 25.9 Å². The Morgan fingerprint density at radius 2 is 0.974 bits per heavy atom. The monoisotopic (exact) mass is 1270 g/mol. The molecular formula is C28H48N10O31P8. The van der Waals surface area contributed by atoms with Crippen molar-refractivity contribution in [1.29, 1.82) is 0 Å². The summed E-state index contributed by atoms with van der Waals surface area (Å²) in [5.41, 5.74) is 2.66. The van der Waals surface area contributed by atoms with Crippen LogP contribution in [0.5, 0.6) is 0 Å². The Kier molecular flexibility index (Phi) is 20.1. The van der Waals surface area contributed by atoms with Gasteiger partial charge in [-0.3, -0.25) is 84.4 Å². The van der Waals surface area contributed by atoms with Gasteiger partial charge in [-0.2, -0.15) is 9.97 Å². The zero-order valence-corrected chi connectivity index (χ0v) is 45.8. The highest BCUT2D eigenvalue weighted by atomic mass is 31.3. The second kappa shape index (κ2) is 23.8. The lowest BCUT2D eigenvalue weighted by molar-refractivity contribution is -0.119. The minimum Gasteiger partial charge on any atom is -0.387 e. The average Bonchev–Trinajstić information content (AvgIpc) is 3.97. The minimum atomic E-state index is -5.19. The third-order valence-corrected chi connectivity index (χ3v) is 23.6. The second-order valence-electron chi connectivity index (χ2n) is 16.8. The van der Waals surface area contributed by atoms with Crippen molar-refractivity contribution >= 4 is 101 Å². The van der Waals surface area contributed by atoms with Gasteiger partial charge >= 0.3 is 60.8 Å². The van der Waals surface area contributed by atoms with Gasteiger partial charge in [-0.15, -0.1) is 0 Å². The van der Waals surface area contributed by atoms with Crippen LogP contribution in [0.1, 0.15) is 26.3 Å². The molecule has 0 aromatic carbocycles. The van der Waals surface area contributed by atoms with Crippen LogP contribution in [0.3, 0.4) is 0 Å². The zero-order valence-electron chi connectivity index (χ0n) is 38.6. The molecule has 4 aromatic heterocycles. The van der Waals surface area contributed by atoms with Crippen molar-refractivity contribution in [2.45, 2.75) is 62.9 Å². The molecule has 2 aliphatic heterocycles. The number of aromatic amines is 2. The Bertz CT molecular complexity index is 3360. The third kappa shape index (κ3) is 18.5. The Morgan fingerprint density at radius 1 is 0.623 bits per heavy atom. The number of amides is 1. The maximum atomic E-state index is 12.5. The van der Waals surface area contributed by atoms with E-state index in [9.17, 15) is 80.7 Å². The van der Waals surface area contributed by atoms with E-state index < -0.39 is 170 Å². The first-order chi connectivity index (χ1) is 34.8. The van der Waals surface area contributed by atoms with E-state index in [1.54, 1.807) is 13.8 Å². The van der Waals surface area contributed by atoms with Crippen molar-refractivity contribution in [3.63, 3.8) is 0 Å². The van der Waals surface area contributed by atoms with Crippen LogP contribution in [0.2, 0.25) is 0 Å². The molecule has 6 rings (SSSR count). The van der Waals surface area contributed by atoms with Crippen LogP contribution < -0.4 is 22.2 Å². The van der Waals surface area contributed by atoms with Gasteiger partial charge in [-0.1, -0.05) is 13.8 Å². The highest BCUT2D eigenvalue weighted by molar-refractivity contribution is 7.71. The smallest absolute Gasteiger partial charge is 0.340 e. The number of carbonyl (C=O) groups excluding carboxylic acids is 1. The molecule has 6 heterocycles. The van der Waals surface area contributed by atoms with E-state index in [2.05, 4.69) is 44.3 Å². The molecule has 1 amide bonds. The normalized spacial score (nSPS) is 25.7. The number of ether oxygens (including phenoxy) is 2. The number of hydrogen-bond donors (Lipinski definition) is 18. The van der Waals surface area contributed by atoms with Crippen molar-refractivity contribution in [3.05, 3.63) is 33.4 Å². The molecule has 0 bridgehead atoms. The number of anilines is 2. The van der Waals surface area contributed by atoms with Gasteiger partial charge in [0.1, 0.15) is 36.6 Å². The van der Waals surface area contributed by atoms with Crippen molar-refractivity contribution in [3.8, 4) is 0 Å². The van der Waals surface area contributed by atoms with Gasteiger partial charge < -0.3 is 93.2 Å². The standard InChI is InChI=1S/C16H27N5O16P4.C12H21N5O15P4/c1-7(2)13(23)19-16-18-12-9(14(24)20-16)17-4-21(12)15-11(37-41(33,34)6-39(28,29)30)10(22)8(36-15)3-35-40(31,32)5-38(25,26)27;13-12-15-9-6(10(19)16-12)14-2-17(9)11-8(32-36(28,29)4-34(23,24)25)7(18)5(31-11)1-30-35(26,27)3-33(20,21)22/h4,7-8,10-11,15,22H,3,5-6H2,1-2H3,(H,31,32)(H,33,34)(H2,25,26,27)(H2,28,29,30)(H2,18,19,20,23,24);2,5,7-8,11,18H,1,3-4H2,(H,26,27)(H,28,29)(H2,20,21,22)(H2,23,24,25)(H3,13,15,16,19)/t;5-,7?,8?,11-/m.1/s1. The SMILES string of the molecule is CC(C)C(=O)Nc1nc2c(ncn2C2OC(COP(=O)(O)CP(=O)(O)O)C(O)C2OP(=O)(O)CP(=O)(O)O)c(=O)[nH]1.Nc1nc2c(ncn2[C@@H]2O[C@H](COP(=O)(O)CP(=O)(O)O)C(O)C2OP(=O)(O)CP(=O)(O)O)c(=O)[nH]1. The molecular weight excluding hydrogens is 1220 g/mol. The van der Waals surface area contributed by atoms with Gasteiger partial charge in [0, 0.05) is 5.92 Å². The van der Waals surface area contributed by atoms with Gasteiger partial charge in [-0.25, -0.2) is 9.97 Å². The molecule has 0 spiro atoms. The van der Waals surface area contributed by atoms with Gasteiger partial charge in [0.15, 0.2) is 58.4 Å². The molecule has 0 aliphatic carbocycles. The van der Waals surface area contributed by atoms with Crippen LogP contribution >= 0.6 is 60.8 Å². The number of aliphatic hydroxyl groups is 2. The largest absolute Gasteiger partial charge is 0.387 e. The molecule has 2 aliphatic rings. The molecule has 19 N–H and O–H groups in total. The Labute approximate surface area is 426 Å². The van der Waals surface area contributed by atoms with Crippen molar-refractivity contribution in [1.82, 2.24) is 39.0 Å². The second-order valence-corrected chi connectivity index (χ2v) is 32.7. The summed E-state index contributed by atoms with van der Waals surface area (Å²) in [7, 11) is -40.4. The lowest BCUT2D eigenvalue weighted by Gasteiger charge is -2.24. The van der Waals surface area contributed by atoms with E-state index in [1.807, 2.05) is 0 Å². The first-order valence-corrected chi connectivity index (χ1v) is 34.9. The first kappa shape index (κ1) is 64.8. The van der Waals surface area contributed by atoms with E-state index >= 15 is 0 Å². The van der Waals surface area contributed by atoms with Gasteiger partial charge in [-0.05, 0) is 0 Å². The third-order valence-electron chi connectivity index (χ3n) is 9.73. The van der Waals surface area contributed by atoms with Crippen molar-refractivity contribution < 1.29 is 138 Å². The number of imidazole rings is 2. The van der Waals surface area contributed by atoms with E-state index in [0.29, 0.717) is 0 Å². The van der Waals surface area contributed by atoms with Crippen LogP contribution in [-0.2, 0) is 68.9 Å². The first-order valence-electron chi connectivity index (χ1n) is 20.6. The maximum absolute atomic E-state index is 12.5. The molecule has 436 valence electrons. The predicted molar refractivity (Wildman–Crippen MR) is 253 cm³/mol. The van der Waals surface area contributed by atoms with Crippen LogP contribution in [0.25, 0.3) is 22.3 Å². The number of carbonyl (C=O) groups is 1. The van der Waals surface area contributed by atoms with E-state index in [1.165, 1.54) is 0 Å². The molecule has 10 unspecified atom stereocenters. The van der Waals surface area contributed by atoms with E-state index in [0.717, 1.165) is 21.8 Å². The number of nitrogens with one attached hydrogen (secondary N) is 3. The summed E-state index contributed by atoms with van der Waals surface area (Å²) in [6.45, 7) is 1.09. The fraction of sp³-hybridized carbons (Fsp3) is 0.607. The van der Waals surface area contributed by atoms with Crippen LogP contribution in [0.4, 0.5) is 11.9 Å². The summed E-state index contributed by atoms with van der Waals surface area (Å²) in [4.78, 5) is 168. The molecule has 77 heavy (non-hydrogen) atoms.